The fourth-order valence-electron chi connectivity index (χ4n) is 2.70. The molecule has 0 saturated carbocycles. The van der Waals surface area contributed by atoms with E-state index < -0.39 is 0 Å². The number of benzene rings is 1. The van der Waals surface area contributed by atoms with Crippen LogP contribution in [0, 0.1) is 0 Å². The Hall–Kier alpha value is -2.57. The zero-order valence-electron chi connectivity index (χ0n) is 14.8. The van der Waals surface area contributed by atoms with Crippen LogP contribution in [0.1, 0.15) is 31.4 Å². The van der Waals surface area contributed by atoms with Gasteiger partial charge in [0.2, 0.25) is 11.8 Å². The quantitative estimate of drug-likeness (QED) is 0.711. The Labute approximate surface area is 148 Å². The van der Waals surface area contributed by atoms with Crippen molar-refractivity contribution in [2.24, 2.45) is 0 Å². The highest BCUT2D eigenvalue weighted by Crippen LogP contribution is 2.18. The SMILES string of the molecule is CC(C)NC(=O)CNC(=O)CCNC(=O)N1CCc2ccccc2C1. The highest BCUT2D eigenvalue weighted by Gasteiger charge is 2.20. The Morgan fingerprint density at radius 3 is 2.52 bits per heavy atom. The van der Waals surface area contributed by atoms with Crippen molar-refractivity contribution < 1.29 is 14.4 Å². The molecule has 1 aliphatic rings. The minimum Gasteiger partial charge on any atom is -0.352 e. The normalized spacial score (nSPS) is 13.2. The van der Waals surface area contributed by atoms with Crippen LogP contribution in [0.4, 0.5) is 4.79 Å². The molecule has 0 bridgehead atoms. The molecule has 0 fully saturated rings. The van der Waals surface area contributed by atoms with Crippen molar-refractivity contribution in [1.29, 1.82) is 0 Å². The second-order valence-corrected chi connectivity index (χ2v) is 6.42. The van der Waals surface area contributed by atoms with Crippen LogP contribution in [0.25, 0.3) is 0 Å². The number of hydrogen-bond donors (Lipinski definition) is 3. The van der Waals surface area contributed by atoms with Gasteiger partial charge in [-0.15, -0.1) is 0 Å². The molecule has 1 aliphatic heterocycles. The van der Waals surface area contributed by atoms with Crippen LogP contribution in [0.5, 0.6) is 0 Å². The first kappa shape index (κ1) is 18.8. The number of amides is 4. The standard InChI is InChI=1S/C18H26N4O3/c1-13(2)21-17(24)11-20-16(23)7-9-19-18(25)22-10-8-14-5-3-4-6-15(14)12-22/h3-6,13H,7-12H2,1-2H3,(H,19,25)(H,20,23)(H,21,24). The van der Waals surface area contributed by atoms with E-state index in [4.69, 9.17) is 0 Å². The Morgan fingerprint density at radius 1 is 1.08 bits per heavy atom. The van der Waals surface area contributed by atoms with Gasteiger partial charge in [-0.1, -0.05) is 24.3 Å². The Bertz CT molecular complexity index is 631. The van der Waals surface area contributed by atoms with Gasteiger partial charge in [0, 0.05) is 32.1 Å². The van der Waals surface area contributed by atoms with Gasteiger partial charge in [-0.05, 0) is 31.4 Å². The van der Waals surface area contributed by atoms with E-state index in [-0.39, 0.29) is 43.4 Å². The van der Waals surface area contributed by atoms with Crippen molar-refractivity contribution in [1.82, 2.24) is 20.9 Å². The number of rotatable bonds is 6. The lowest BCUT2D eigenvalue weighted by Gasteiger charge is -2.28. The Balaban J connectivity index is 1.65. The molecule has 2 rings (SSSR count). The van der Waals surface area contributed by atoms with Crippen LogP contribution >= 0.6 is 0 Å². The summed E-state index contributed by atoms with van der Waals surface area (Å²) in [7, 11) is 0. The molecule has 0 aliphatic carbocycles. The maximum atomic E-state index is 12.2. The molecule has 0 radical (unpaired) electrons. The zero-order valence-corrected chi connectivity index (χ0v) is 14.8. The largest absolute Gasteiger partial charge is 0.352 e. The van der Waals surface area contributed by atoms with Crippen molar-refractivity contribution in [3.05, 3.63) is 35.4 Å². The minimum atomic E-state index is -0.261. The second kappa shape index (κ2) is 9.05. The first-order valence-electron chi connectivity index (χ1n) is 8.61. The average Bonchev–Trinajstić information content (AvgIpc) is 2.59. The molecule has 25 heavy (non-hydrogen) atoms. The number of urea groups is 1. The number of nitrogens with one attached hydrogen (secondary N) is 3. The highest BCUT2D eigenvalue weighted by molar-refractivity contribution is 5.85. The topological polar surface area (TPSA) is 90.5 Å². The lowest BCUT2D eigenvalue weighted by atomic mass is 10.0. The molecule has 7 heteroatoms. The molecule has 3 N–H and O–H groups in total. The molecule has 0 spiro atoms. The second-order valence-electron chi connectivity index (χ2n) is 6.42. The van der Waals surface area contributed by atoms with Crippen LogP contribution < -0.4 is 16.0 Å². The van der Waals surface area contributed by atoms with E-state index in [1.54, 1.807) is 4.90 Å². The lowest BCUT2D eigenvalue weighted by molar-refractivity contribution is -0.126. The Morgan fingerprint density at radius 2 is 1.80 bits per heavy atom. The molecule has 0 saturated heterocycles. The molecule has 1 aromatic carbocycles. The summed E-state index contributed by atoms with van der Waals surface area (Å²) in [6.07, 6.45) is 0.986. The molecule has 1 heterocycles. The van der Waals surface area contributed by atoms with Crippen LogP contribution in [-0.4, -0.2) is 48.4 Å². The third kappa shape index (κ3) is 6.10. The summed E-state index contributed by atoms with van der Waals surface area (Å²) >= 11 is 0. The van der Waals surface area contributed by atoms with Crippen LogP contribution in [0.3, 0.4) is 0 Å². The van der Waals surface area contributed by atoms with E-state index in [9.17, 15) is 14.4 Å². The number of fused-ring (bicyclic) bond motifs is 1. The number of hydrogen-bond acceptors (Lipinski definition) is 3. The molecule has 1 aromatic rings. The monoisotopic (exact) mass is 346 g/mol. The van der Waals surface area contributed by atoms with Crippen LogP contribution in [0.15, 0.2) is 24.3 Å². The van der Waals surface area contributed by atoms with Crippen molar-refractivity contribution in [3.63, 3.8) is 0 Å². The van der Waals surface area contributed by atoms with Gasteiger partial charge in [-0.25, -0.2) is 4.79 Å². The summed E-state index contributed by atoms with van der Waals surface area (Å²) in [4.78, 5) is 37.1. The van der Waals surface area contributed by atoms with Gasteiger partial charge in [-0.3, -0.25) is 9.59 Å². The van der Waals surface area contributed by atoms with Gasteiger partial charge >= 0.3 is 6.03 Å². The van der Waals surface area contributed by atoms with Gasteiger partial charge in [0.1, 0.15) is 0 Å². The zero-order chi connectivity index (χ0) is 18.2. The smallest absolute Gasteiger partial charge is 0.317 e. The van der Waals surface area contributed by atoms with E-state index in [2.05, 4.69) is 22.0 Å². The maximum Gasteiger partial charge on any atom is 0.317 e. The van der Waals surface area contributed by atoms with Gasteiger partial charge in [0.05, 0.1) is 6.54 Å². The number of nitrogens with zero attached hydrogens (tertiary/aromatic N) is 1. The lowest BCUT2D eigenvalue weighted by Crippen LogP contribution is -2.44. The van der Waals surface area contributed by atoms with E-state index in [1.165, 1.54) is 5.56 Å². The van der Waals surface area contributed by atoms with Gasteiger partial charge in [-0.2, -0.15) is 0 Å². The summed E-state index contributed by atoms with van der Waals surface area (Å²) in [5, 5.41) is 7.99. The van der Waals surface area contributed by atoms with Crippen molar-refractivity contribution in [2.45, 2.75) is 39.3 Å². The first-order valence-corrected chi connectivity index (χ1v) is 8.61. The minimum absolute atomic E-state index is 0.0402. The summed E-state index contributed by atoms with van der Waals surface area (Å²) in [5.41, 5.74) is 2.45. The number of carbonyl (C=O) groups is 3. The molecular formula is C18H26N4O3. The number of carbonyl (C=O) groups excluding carboxylic acids is 3. The van der Waals surface area contributed by atoms with Crippen molar-refractivity contribution in [2.75, 3.05) is 19.6 Å². The third-order valence-corrected chi connectivity index (χ3v) is 3.94. The van der Waals surface area contributed by atoms with E-state index >= 15 is 0 Å². The highest BCUT2D eigenvalue weighted by atomic mass is 16.2. The fraction of sp³-hybridized carbons (Fsp3) is 0.500. The van der Waals surface area contributed by atoms with Crippen LogP contribution in [-0.2, 0) is 22.6 Å². The fourth-order valence-corrected chi connectivity index (χ4v) is 2.70. The van der Waals surface area contributed by atoms with Crippen molar-refractivity contribution in [3.8, 4) is 0 Å². The molecular weight excluding hydrogens is 320 g/mol. The van der Waals surface area contributed by atoms with E-state index in [0.717, 1.165) is 12.0 Å². The van der Waals surface area contributed by atoms with Gasteiger partial charge in [0.25, 0.3) is 0 Å². The molecule has 0 unspecified atom stereocenters. The molecule has 0 aromatic heterocycles. The maximum absolute atomic E-state index is 12.2. The average molecular weight is 346 g/mol. The van der Waals surface area contributed by atoms with E-state index in [0.29, 0.717) is 13.1 Å². The van der Waals surface area contributed by atoms with Gasteiger partial charge in [0.15, 0.2) is 0 Å². The molecule has 0 atom stereocenters. The van der Waals surface area contributed by atoms with Gasteiger partial charge < -0.3 is 20.9 Å². The summed E-state index contributed by atoms with van der Waals surface area (Å²) in [5.74, 6) is -0.484. The molecule has 136 valence electrons. The predicted octanol–water partition coefficient (Wildman–Crippen LogP) is 0.785. The van der Waals surface area contributed by atoms with Crippen LogP contribution in [0.2, 0.25) is 0 Å². The predicted molar refractivity (Wildman–Crippen MR) is 94.9 cm³/mol. The summed E-state index contributed by atoms with van der Waals surface area (Å²) in [6.45, 7) is 5.17. The Kier molecular flexibility index (Phi) is 6.80. The summed E-state index contributed by atoms with van der Waals surface area (Å²) < 4.78 is 0. The van der Waals surface area contributed by atoms with Crippen molar-refractivity contribution >= 4 is 17.8 Å². The van der Waals surface area contributed by atoms with E-state index in [1.807, 2.05) is 32.0 Å². The third-order valence-electron chi connectivity index (χ3n) is 3.94. The summed E-state index contributed by atoms with van der Waals surface area (Å²) in [6, 6.07) is 7.97. The molecule has 4 amide bonds. The first-order chi connectivity index (χ1) is 12.0. The molecule has 7 nitrogen and oxygen atoms in total.